The van der Waals surface area contributed by atoms with Gasteiger partial charge in [-0.25, -0.2) is 0 Å². The van der Waals surface area contributed by atoms with Gasteiger partial charge < -0.3 is 28.8 Å². The number of furan rings is 1. The molecule has 1 aliphatic rings. The highest BCUT2D eigenvalue weighted by Gasteiger charge is 2.25. The highest BCUT2D eigenvalue weighted by Crippen LogP contribution is 2.29. The molecule has 8 heteroatoms. The summed E-state index contributed by atoms with van der Waals surface area (Å²) in [4.78, 5) is 30.1. The van der Waals surface area contributed by atoms with Gasteiger partial charge in [0.05, 0.1) is 18.2 Å². The molecule has 36 heavy (non-hydrogen) atoms. The molecule has 1 fully saturated rings. The molecule has 0 atom stereocenters. The Kier molecular flexibility index (Phi) is 6.69. The molecule has 3 heterocycles. The number of hydrogen-bond acceptors (Lipinski definition) is 6. The van der Waals surface area contributed by atoms with E-state index in [0.717, 1.165) is 54.7 Å². The van der Waals surface area contributed by atoms with Crippen LogP contribution in [0.3, 0.4) is 0 Å². The lowest BCUT2D eigenvalue weighted by Gasteiger charge is -2.36. The van der Waals surface area contributed by atoms with Gasteiger partial charge in [0.1, 0.15) is 11.3 Å². The van der Waals surface area contributed by atoms with E-state index in [-0.39, 0.29) is 11.5 Å². The van der Waals surface area contributed by atoms with Gasteiger partial charge >= 0.3 is 0 Å². The van der Waals surface area contributed by atoms with Crippen LogP contribution in [-0.2, 0) is 6.54 Å². The van der Waals surface area contributed by atoms with Crippen LogP contribution in [0.15, 0.2) is 63.8 Å². The van der Waals surface area contributed by atoms with Crippen molar-refractivity contribution in [2.75, 3.05) is 45.7 Å². The Morgan fingerprint density at radius 2 is 1.89 bits per heavy atom. The third kappa shape index (κ3) is 4.56. The van der Waals surface area contributed by atoms with Crippen molar-refractivity contribution in [3.05, 3.63) is 70.5 Å². The van der Waals surface area contributed by atoms with Crippen LogP contribution >= 0.6 is 0 Å². The van der Waals surface area contributed by atoms with Gasteiger partial charge in [0, 0.05) is 75.3 Å². The molecule has 0 unspecified atom stereocenters. The average molecular weight is 489 g/mol. The van der Waals surface area contributed by atoms with Crippen molar-refractivity contribution in [1.82, 2.24) is 14.8 Å². The quantitative estimate of drug-likeness (QED) is 0.427. The van der Waals surface area contributed by atoms with Crippen molar-refractivity contribution in [2.45, 2.75) is 25.4 Å². The summed E-state index contributed by atoms with van der Waals surface area (Å²) in [5, 5.41) is 4.48. The SMILES string of the molecule is CNC(=O)c1cc(=O)n(CCN2CCC(N(C)c3cc4ccccc4o3)CC2)c2cc(OC)ccc12. The maximum Gasteiger partial charge on any atom is 0.251 e. The Bertz CT molecular complexity index is 1420. The lowest BCUT2D eigenvalue weighted by atomic mass is 10.0. The van der Waals surface area contributed by atoms with Crippen molar-refractivity contribution in [3.8, 4) is 5.75 Å². The Labute approximate surface area is 210 Å². The predicted octanol–water partition coefficient (Wildman–Crippen LogP) is 3.72. The number of carbonyl (C=O) groups excluding carboxylic acids is 1. The zero-order valence-electron chi connectivity index (χ0n) is 21.0. The van der Waals surface area contributed by atoms with Crippen molar-refractivity contribution >= 4 is 33.7 Å². The van der Waals surface area contributed by atoms with E-state index in [0.29, 0.717) is 29.4 Å². The van der Waals surface area contributed by atoms with Crippen LogP contribution in [-0.4, -0.2) is 62.3 Å². The van der Waals surface area contributed by atoms with E-state index in [9.17, 15) is 9.59 Å². The monoisotopic (exact) mass is 488 g/mol. The van der Waals surface area contributed by atoms with Crippen molar-refractivity contribution in [1.29, 1.82) is 0 Å². The first-order valence-electron chi connectivity index (χ1n) is 12.4. The topological polar surface area (TPSA) is 80.0 Å². The van der Waals surface area contributed by atoms with Gasteiger partial charge in [0.15, 0.2) is 5.88 Å². The van der Waals surface area contributed by atoms with Gasteiger partial charge in [-0.2, -0.15) is 0 Å². The summed E-state index contributed by atoms with van der Waals surface area (Å²) in [5.41, 5.74) is 1.81. The van der Waals surface area contributed by atoms with Gasteiger partial charge in [-0.1, -0.05) is 18.2 Å². The second kappa shape index (κ2) is 10.1. The summed E-state index contributed by atoms with van der Waals surface area (Å²) in [7, 11) is 5.27. The predicted molar refractivity (Wildman–Crippen MR) is 142 cm³/mol. The standard InChI is InChI=1S/C28H32N4O4/c1-29-28(34)23-18-26(33)32(24-17-21(35-3)8-9-22(23)24)15-14-31-12-10-20(11-13-31)30(2)27-16-19-6-4-5-7-25(19)36-27/h4-9,16-18,20H,10-15H2,1-3H3,(H,29,34). The van der Waals surface area contributed by atoms with E-state index in [1.165, 1.54) is 6.07 Å². The maximum atomic E-state index is 13.0. The molecule has 1 aliphatic heterocycles. The van der Waals surface area contributed by atoms with E-state index >= 15 is 0 Å². The molecule has 8 nitrogen and oxygen atoms in total. The number of ether oxygens (including phenoxy) is 1. The van der Waals surface area contributed by atoms with Gasteiger partial charge in [-0.05, 0) is 31.0 Å². The molecule has 0 aliphatic carbocycles. The number of benzene rings is 2. The molecule has 1 amide bonds. The minimum atomic E-state index is -0.273. The van der Waals surface area contributed by atoms with Crippen LogP contribution in [0, 0.1) is 0 Å². The normalized spacial score (nSPS) is 14.9. The van der Waals surface area contributed by atoms with E-state index in [2.05, 4.69) is 34.3 Å². The third-order valence-electron chi connectivity index (χ3n) is 7.30. The zero-order valence-corrected chi connectivity index (χ0v) is 21.0. The number of para-hydroxylation sites is 1. The van der Waals surface area contributed by atoms with Gasteiger partial charge in [-0.15, -0.1) is 0 Å². The number of nitrogens with zero attached hydrogens (tertiary/aromatic N) is 3. The number of hydrogen-bond donors (Lipinski definition) is 1. The second-order valence-corrected chi connectivity index (χ2v) is 9.32. The smallest absolute Gasteiger partial charge is 0.251 e. The second-order valence-electron chi connectivity index (χ2n) is 9.32. The summed E-state index contributed by atoms with van der Waals surface area (Å²) >= 11 is 0. The summed E-state index contributed by atoms with van der Waals surface area (Å²) < 4.78 is 13.2. The number of rotatable bonds is 7. The minimum absolute atomic E-state index is 0.186. The first kappa shape index (κ1) is 23.9. The summed E-state index contributed by atoms with van der Waals surface area (Å²) in [6.07, 6.45) is 2.04. The zero-order chi connectivity index (χ0) is 25.2. The van der Waals surface area contributed by atoms with Crippen molar-refractivity contribution in [3.63, 3.8) is 0 Å². The van der Waals surface area contributed by atoms with Crippen LogP contribution in [0.2, 0.25) is 0 Å². The van der Waals surface area contributed by atoms with Crippen LogP contribution in [0.1, 0.15) is 23.2 Å². The van der Waals surface area contributed by atoms with Crippen molar-refractivity contribution < 1.29 is 13.9 Å². The lowest BCUT2D eigenvalue weighted by molar-refractivity contribution is 0.0964. The Hall–Kier alpha value is -3.78. The molecule has 1 N–H and O–H groups in total. The third-order valence-corrected chi connectivity index (χ3v) is 7.30. The molecule has 5 rings (SSSR count). The fraction of sp³-hybridized carbons (Fsp3) is 0.357. The molecule has 0 spiro atoms. The molecule has 2 aromatic heterocycles. The molecule has 2 aromatic carbocycles. The van der Waals surface area contributed by atoms with Crippen LogP contribution in [0.5, 0.6) is 5.75 Å². The van der Waals surface area contributed by atoms with E-state index in [1.807, 2.05) is 36.4 Å². The number of piperidine rings is 1. The maximum absolute atomic E-state index is 13.0. The van der Waals surface area contributed by atoms with Crippen LogP contribution in [0.4, 0.5) is 5.88 Å². The number of likely N-dealkylation sites (tertiary alicyclic amines) is 1. The Morgan fingerprint density at radius 3 is 2.61 bits per heavy atom. The van der Waals surface area contributed by atoms with E-state index < -0.39 is 0 Å². The fourth-order valence-electron chi connectivity index (χ4n) is 5.13. The first-order valence-corrected chi connectivity index (χ1v) is 12.4. The molecule has 1 saturated heterocycles. The summed E-state index contributed by atoms with van der Waals surface area (Å²) in [5.74, 6) is 1.28. The molecule has 4 aromatic rings. The number of carbonyl (C=O) groups is 1. The molecule has 0 bridgehead atoms. The molecule has 0 radical (unpaired) electrons. The number of amides is 1. The van der Waals surface area contributed by atoms with Crippen LogP contribution < -0.4 is 20.5 Å². The van der Waals surface area contributed by atoms with Gasteiger partial charge in [-0.3, -0.25) is 9.59 Å². The number of aromatic nitrogens is 1. The number of nitrogens with one attached hydrogen (secondary N) is 1. The highest BCUT2D eigenvalue weighted by molar-refractivity contribution is 6.06. The molecular formula is C28H32N4O4. The lowest BCUT2D eigenvalue weighted by Crippen LogP contribution is -2.44. The molecule has 0 saturated carbocycles. The molecular weight excluding hydrogens is 456 g/mol. The fourth-order valence-corrected chi connectivity index (χ4v) is 5.13. The Morgan fingerprint density at radius 1 is 1.11 bits per heavy atom. The van der Waals surface area contributed by atoms with E-state index in [1.54, 1.807) is 18.7 Å². The minimum Gasteiger partial charge on any atom is -0.497 e. The average Bonchev–Trinajstić information content (AvgIpc) is 3.35. The summed E-state index contributed by atoms with van der Waals surface area (Å²) in [6.45, 7) is 3.19. The number of anilines is 1. The number of pyridine rings is 1. The number of methoxy groups -OCH3 is 1. The highest BCUT2D eigenvalue weighted by atomic mass is 16.5. The molecule has 188 valence electrons. The number of fused-ring (bicyclic) bond motifs is 2. The van der Waals surface area contributed by atoms with Crippen molar-refractivity contribution in [2.24, 2.45) is 0 Å². The summed E-state index contributed by atoms with van der Waals surface area (Å²) in [6, 6.07) is 17.5. The largest absolute Gasteiger partial charge is 0.497 e. The van der Waals surface area contributed by atoms with E-state index in [4.69, 9.17) is 9.15 Å². The van der Waals surface area contributed by atoms with Gasteiger partial charge in [0.2, 0.25) is 0 Å². The Balaban J connectivity index is 1.28. The van der Waals surface area contributed by atoms with Crippen LogP contribution in [0.25, 0.3) is 21.9 Å². The van der Waals surface area contributed by atoms with Gasteiger partial charge in [0.25, 0.3) is 11.5 Å². The first-order chi connectivity index (χ1) is 17.5.